The predicted octanol–water partition coefficient (Wildman–Crippen LogP) is 0.928. The second-order valence-electron chi connectivity index (χ2n) is 5.85. The number of carbonyl (C=O) groups is 1. The Morgan fingerprint density at radius 3 is 2.88 bits per heavy atom. The van der Waals surface area contributed by atoms with E-state index in [2.05, 4.69) is 15.1 Å². The fourth-order valence-electron chi connectivity index (χ4n) is 3.03. The van der Waals surface area contributed by atoms with Gasteiger partial charge in [0.1, 0.15) is 0 Å². The van der Waals surface area contributed by atoms with E-state index in [1.807, 2.05) is 11.0 Å². The fourth-order valence-corrected chi connectivity index (χ4v) is 3.03. The molecule has 0 spiro atoms. The summed E-state index contributed by atoms with van der Waals surface area (Å²) in [7, 11) is 0. The largest absolute Gasteiger partial charge is 0.332 e. The van der Waals surface area contributed by atoms with Crippen molar-refractivity contribution in [1.29, 1.82) is 0 Å². The van der Waals surface area contributed by atoms with Gasteiger partial charge in [-0.25, -0.2) is 19.4 Å². The van der Waals surface area contributed by atoms with E-state index in [0.717, 1.165) is 30.9 Å². The third-order valence-electron chi connectivity index (χ3n) is 4.22. The maximum absolute atomic E-state index is 13.1. The number of fused-ring (bicyclic) bond motifs is 1. The molecule has 2 aliphatic heterocycles. The van der Waals surface area contributed by atoms with Crippen LogP contribution in [0.2, 0.25) is 0 Å². The van der Waals surface area contributed by atoms with Crippen LogP contribution in [0.4, 0.5) is 10.3 Å². The first-order valence-electron chi connectivity index (χ1n) is 7.91. The smallest absolute Gasteiger partial charge is 0.272 e. The number of hydrogen-bond acceptors (Lipinski definition) is 6. The number of rotatable bonds is 2. The van der Waals surface area contributed by atoms with Crippen LogP contribution < -0.4 is 4.90 Å². The van der Waals surface area contributed by atoms with E-state index in [9.17, 15) is 9.18 Å². The van der Waals surface area contributed by atoms with Crippen LogP contribution >= 0.6 is 0 Å². The van der Waals surface area contributed by atoms with Crippen molar-refractivity contribution < 1.29 is 14.0 Å². The van der Waals surface area contributed by atoms with Crippen molar-refractivity contribution in [3.63, 3.8) is 0 Å². The lowest BCUT2D eigenvalue weighted by molar-refractivity contribution is -0.200. The summed E-state index contributed by atoms with van der Waals surface area (Å²) in [5, 5.41) is 5.71. The van der Waals surface area contributed by atoms with Crippen LogP contribution in [0.25, 0.3) is 0 Å². The Morgan fingerprint density at radius 2 is 2.12 bits per heavy atom. The van der Waals surface area contributed by atoms with Crippen molar-refractivity contribution in [2.24, 2.45) is 0 Å². The second-order valence-corrected chi connectivity index (χ2v) is 5.85. The molecule has 0 N–H and O–H groups in total. The first kappa shape index (κ1) is 15.0. The van der Waals surface area contributed by atoms with E-state index in [4.69, 9.17) is 4.84 Å². The van der Waals surface area contributed by atoms with Crippen molar-refractivity contribution in [1.82, 2.24) is 24.8 Å². The summed E-state index contributed by atoms with van der Waals surface area (Å²) < 4.78 is 14.8. The van der Waals surface area contributed by atoms with Crippen molar-refractivity contribution in [2.75, 3.05) is 24.6 Å². The Labute approximate surface area is 137 Å². The zero-order chi connectivity index (χ0) is 16.5. The van der Waals surface area contributed by atoms with Gasteiger partial charge in [0.15, 0.2) is 11.9 Å². The molecule has 0 radical (unpaired) electrons. The van der Waals surface area contributed by atoms with Gasteiger partial charge in [0.25, 0.3) is 5.91 Å². The van der Waals surface area contributed by atoms with Crippen molar-refractivity contribution in [3.05, 3.63) is 36.2 Å². The molecule has 8 nitrogen and oxygen atoms in total. The number of halogens is 1. The van der Waals surface area contributed by atoms with E-state index in [-0.39, 0.29) is 5.91 Å². The third kappa shape index (κ3) is 2.71. The minimum Gasteiger partial charge on any atom is -0.332 e. The first-order chi connectivity index (χ1) is 11.7. The monoisotopic (exact) mass is 332 g/mol. The molecule has 2 aromatic rings. The van der Waals surface area contributed by atoms with Crippen LogP contribution in [0.1, 0.15) is 24.6 Å². The lowest BCUT2D eigenvalue weighted by Gasteiger charge is -2.36. The highest BCUT2D eigenvalue weighted by molar-refractivity contribution is 5.80. The SMILES string of the molecule is O=C(C1CN(c2ncc(F)cn2)Cc2ccnn21)N1CCCCO1. The van der Waals surface area contributed by atoms with Crippen LogP contribution in [0.5, 0.6) is 0 Å². The normalized spacial score (nSPS) is 20.8. The number of hydrogen-bond donors (Lipinski definition) is 0. The van der Waals surface area contributed by atoms with E-state index < -0.39 is 11.9 Å². The number of hydroxylamine groups is 2. The number of carbonyl (C=O) groups excluding carboxylic acids is 1. The van der Waals surface area contributed by atoms with E-state index in [1.165, 1.54) is 5.06 Å². The molecular weight excluding hydrogens is 315 g/mol. The van der Waals surface area contributed by atoms with Crippen LogP contribution in [-0.2, 0) is 16.2 Å². The summed E-state index contributed by atoms with van der Waals surface area (Å²) >= 11 is 0. The molecule has 1 amide bonds. The second kappa shape index (κ2) is 6.16. The van der Waals surface area contributed by atoms with Crippen molar-refractivity contribution in [3.8, 4) is 0 Å². The predicted molar refractivity (Wildman–Crippen MR) is 81.2 cm³/mol. The molecule has 0 aromatic carbocycles. The number of aromatic nitrogens is 4. The Morgan fingerprint density at radius 1 is 1.29 bits per heavy atom. The topological polar surface area (TPSA) is 76.4 Å². The molecule has 1 saturated heterocycles. The average Bonchev–Trinajstić information content (AvgIpc) is 3.10. The van der Waals surface area contributed by atoms with Gasteiger partial charge in [-0.2, -0.15) is 5.10 Å². The molecule has 126 valence electrons. The summed E-state index contributed by atoms with van der Waals surface area (Å²) in [5.41, 5.74) is 0.879. The lowest BCUT2D eigenvalue weighted by atomic mass is 10.1. The molecule has 1 fully saturated rings. The highest BCUT2D eigenvalue weighted by Gasteiger charge is 2.35. The summed E-state index contributed by atoms with van der Waals surface area (Å²) in [6.45, 7) is 2.00. The molecule has 1 atom stereocenters. The van der Waals surface area contributed by atoms with Gasteiger partial charge in [0.05, 0.1) is 37.8 Å². The van der Waals surface area contributed by atoms with Gasteiger partial charge < -0.3 is 4.90 Å². The third-order valence-corrected chi connectivity index (χ3v) is 4.22. The van der Waals surface area contributed by atoms with Gasteiger partial charge >= 0.3 is 0 Å². The Kier molecular flexibility index (Phi) is 3.85. The van der Waals surface area contributed by atoms with E-state index in [1.54, 1.807) is 10.9 Å². The molecule has 0 bridgehead atoms. The van der Waals surface area contributed by atoms with Crippen LogP contribution in [0, 0.1) is 5.82 Å². The fraction of sp³-hybridized carbons (Fsp3) is 0.467. The minimum atomic E-state index is -0.518. The molecule has 0 saturated carbocycles. The minimum absolute atomic E-state index is 0.133. The van der Waals surface area contributed by atoms with Gasteiger partial charge in [-0.05, 0) is 18.9 Å². The molecule has 4 rings (SSSR count). The van der Waals surface area contributed by atoms with Crippen LogP contribution in [0.15, 0.2) is 24.7 Å². The zero-order valence-electron chi connectivity index (χ0n) is 13.0. The first-order valence-corrected chi connectivity index (χ1v) is 7.91. The molecule has 2 aliphatic rings. The Hall–Kier alpha value is -2.55. The summed E-state index contributed by atoms with van der Waals surface area (Å²) in [6, 6.07) is 1.34. The highest BCUT2D eigenvalue weighted by Crippen LogP contribution is 2.25. The lowest BCUT2D eigenvalue weighted by Crippen LogP contribution is -2.48. The summed E-state index contributed by atoms with van der Waals surface area (Å²) in [6.07, 6.45) is 5.80. The summed E-state index contributed by atoms with van der Waals surface area (Å²) in [5.74, 6) is -0.234. The standard InChI is InChI=1S/C15H17FN6O2/c16-11-7-17-15(18-8-11)20-9-12-3-4-19-22(12)13(10-20)14(23)21-5-1-2-6-24-21/h3-4,7-8,13H,1-2,5-6,9-10H2. The summed E-state index contributed by atoms with van der Waals surface area (Å²) in [4.78, 5) is 28.2. The van der Waals surface area contributed by atoms with Gasteiger partial charge in [0.2, 0.25) is 5.95 Å². The number of anilines is 1. The van der Waals surface area contributed by atoms with Gasteiger partial charge in [-0.15, -0.1) is 0 Å². The maximum Gasteiger partial charge on any atom is 0.272 e. The van der Waals surface area contributed by atoms with Crippen molar-refractivity contribution in [2.45, 2.75) is 25.4 Å². The Bertz CT molecular complexity index is 728. The number of amides is 1. The van der Waals surface area contributed by atoms with E-state index >= 15 is 0 Å². The Balaban J connectivity index is 1.61. The zero-order valence-corrected chi connectivity index (χ0v) is 13.0. The van der Waals surface area contributed by atoms with Gasteiger partial charge in [-0.1, -0.05) is 0 Å². The molecule has 4 heterocycles. The molecule has 1 unspecified atom stereocenters. The molecule has 0 aliphatic carbocycles. The molecule has 9 heteroatoms. The van der Waals surface area contributed by atoms with E-state index in [0.29, 0.717) is 32.2 Å². The molecule has 2 aromatic heterocycles. The maximum atomic E-state index is 13.1. The van der Waals surface area contributed by atoms with Gasteiger partial charge in [-0.3, -0.25) is 14.3 Å². The van der Waals surface area contributed by atoms with Crippen molar-refractivity contribution >= 4 is 11.9 Å². The molecule has 24 heavy (non-hydrogen) atoms. The van der Waals surface area contributed by atoms with Gasteiger partial charge in [0, 0.05) is 12.7 Å². The quantitative estimate of drug-likeness (QED) is 0.814. The molecular formula is C15H17FN6O2. The number of nitrogens with zero attached hydrogens (tertiary/aromatic N) is 6. The average molecular weight is 332 g/mol. The van der Waals surface area contributed by atoms with Crippen LogP contribution in [0.3, 0.4) is 0 Å². The highest BCUT2D eigenvalue weighted by atomic mass is 19.1. The van der Waals surface area contributed by atoms with Crippen LogP contribution in [-0.4, -0.2) is 50.4 Å².